The first kappa shape index (κ1) is 15.3. The predicted molar refractivity (Wildman–Crippen MR) is 74.7 cm³/mol. The number of rotatable bonds is 2. The van der Waals surface area contributed by atoms with E-state index in [0.29, 0.717) is 18.5 Å². The molecule has 0 aromatic heterocycles. The maximum absolute atomic E-state index is 12.5. The number of hydrogen-bond donors (Lipinski definition) is 1. The average molecular weight is 315 g/mol. The summed E-state index contributed by atoms with van der Waals surface area (Å²) in [4.78, 5) is -0.0279. The molecule has 2 rings (SSSR count). The average Bonchev–Trinajstić information content (AvgIpc) is 2.41. The zero-order chi connectivity index (χ0) is 14.9. The minimum Gasteiger partial charge on any atom is -0.391 e. The Balaban J connectivity index is 2.34. The van der Waals surface area contributed by atoms with Gasteiger partial charge in [0.2, 0.25) is 10.0 Å². The molecule has 0 spiro atoms. The predicted octanol–water partition coefficient (Wildman–Crippen LogP) is 1.60. The van der Waals surface area contributed by atoms with Crippen molar-refractivity contribution >= 4 is 21.6 Å². The van der Waals surface area contributed by atoms with Crippen molar-refractivity contribution in [3.05, 3.63) is 28.8 Å². The first-order valence-corrected chi connectivity index (χ1v) is 8.06. The van der Waals surface area contributed by atoms with E-state index in [1.165, 1.54) is 22.5 Å². The quantitative estimate of drug-likeness (QED) is 0.899. The fourth-order valence-corrected chi connectivity index (χ4v) is 4.15. The topological polar surface area (TPSA) is 81.4 Å². The monoisotopic (exact) mass is 314 g/mol. The number of nitrogens with zero attached hydrogens (tertiary/aromatic N) is 2. The Kier molecular flexibility index (Phi) is 4.35. The van der Waals surface area contributed by atoms with Crippen molar-refractivity contribution in [1.29, 1.82) is 5.26 Å². The smallest absolute Gasteiger partial charge is 0.244 e. The molecule has 5 nitrogen and oxygen atoms in total. The largest absolute Gasteiger partial charge is 0.391 e. The van der Waals surface area contributed by atoms with Crippen molar-refractivity contribution in [3.63, 3.8) is 0 Å². The number of piperidine rings is 1. The molecule has 7 heteroatoms. The fourth-order valence-electron chi connectivity index (χ4n) is 2.16. The molecule has 1 saturated heterocycles. The summed E-state index contributed by atoms with van der Waals surface area (Å²) in [5, 5.41) is 18.6. The highest BCUT2D eigenvalue weighted by Gasteiger charge is 2.33. The van der Waals surface area contributed by atoms with Crippen molar-refractivity contribution < 1.29 is 13.5 Å². The van der Waals surface area contributed by atoms with E-state index in [4.69, 9.17) is 16.9 Å². The molecule has 20 heavy (non-hydrogen) atoms. The van der Waals surface area contributed by atoms with Gasteiger partial charge in [-0.15, -0.1) is 0 Å². The Morgan fingerprint density at radius 3 is 2.75 bits per heavy atom. The highest BCUT2D eigenvalue weighted by Crippen LogP contribution is 2.28. The van der Waals surface area contributed by atoms with Gasteiger partial charge in [-0.2, -0.15) is 9.57 Å². The fraction of sp³-hybridized carbons (Fsp3) is 0.462. The van der Waals surface area contributed by atoms with E-state index in [1.807, 2.05) is 13.0 Å². The van der Waals surface area contributed by atoms with E-state index < -0.39 is 16.1 Å². The minimum atomic E-state index is -3.74. The Morgan fingerprint density at radius 1 is 1.50 bits per heavy atom. The third-order valence-corrected chi connectivity index (χ3v) is 5.91. The van der Waals surface area contributed by atoms with E-state index in [1.54, 1.807) is 0 Å². The zero-order valence-corrected chi connectivity index (χ0v) is 12.5. The van der Waals surface area contributed by atoms with Crippen LogP contribution in [0, 0.1) is 17.2 Å². The highest BCUT2D eigenvalue weighted by atomic mass is 35.5. The van der Waals surface area contributed by atoms with Crippen LogP contribution in [-0.4, -0.2) is 37.0 Å². The van der Waals surface area contributed by atoms with E-state index in [2.05, 4.69) is 0 Å². The van der Waals surface area contributed by atoms with Crippen LogP contribution in [0.25, 0.3) is 0 Å². The minimum absolute atomic E-state index is 0.0251. The van der Waals surface area contributed by atoms with Crippen LogP contribution >= 0.6 is 11.6 Å². The van der Waals surface area contributed by atoms with Crippen molar-refractivity contribution in [2.75, 3.05) is 13.1 Å². The van der Waals surface area contributed by atoms with Gasteiger partial charge in [0.15, 0.2) is 0 Å². The summed E-state index contributed by atoms with van der Waals surface area (Å²) < 4.78 is 26.3. The maximum Gasteiger partial charge on any atom is 0.244 e. The maximum atomic E-state index is 12.5. The first-order valence-electron chi connectivity index (χ1n) is 6.24. The summed E-state index contributed by atoms with van der Waals surface area (Å²) in [5.41, 5.74) is 0.307. The lowest BCUT2D eigenvalue weighted by atomic mass is 9.98. The third-order valence-electron chi connectivity index (χ3n) is 3.56. The number of hydrogen-bond acceptors (Lipinski definition) is 4. The second-order valence-electron chi connectivity index (χ2n) is 4.95. The van der Waals surface area contributed by atoms with E-state index in [-0.39, 0.29) is 22.4 Å². The van der Waals surface area contributed by atoms with E-state index >= 15 is 0 Å². The van der Waals surface area contributed by atoms with Gasteiger partial charge in [0.05, 0.1) is 22.8 Å². The van der Waals surface area contributed by atoms with E-state index in [9.17, 15) is 13.5 Å². The summed E-state index contributed by atoms with van der Waals surface area (Å²) in [6.45, 7) is 2.32. The van der Waals surface area contributed by atoms with Crippen molar-refractivity contribution in [3.8, 4) is 6.07 Å². The molecule has 1 aliphatic heterocycles. The lowest BCUT2D eigenvalue weighted by molar-refractivity contribution is 0.0605. The molecular weight excluding hydrogens is 300 g/mol. The molecule has 1 aromatic carbocycles. The third kappa shape index (κ3) is 2.81. The second kappa shape index (κ2) is 5.70. The molecule has 0 radical (unpaired) electrons. The molecule has 1 N–H and O–H groups in total. The van der Waals surface area contributed by atoms with Crippen LogP contribution in [0.3, 0.4) is 0 Å². The van der Waals surface area contributed by atoms with Crippen LogP contribution < -0.4 is 0 Å². The number of benzene rings is 1. The number of aliphatic hydroxyl groups excluding tert-OH is 1. The van der Waals surface area contributed by atoms with E-state index in [0.717, 1.165) is 0 Å². The summed E-state index contributed by atoms with van der Waals surface area (Å²) in [6, 6.07) is 5.99. The van der Waals surface area contributed by atoms with Crippen LogP contribution in [0.5, 0.6) is 0 Å². The number of β-amino-alcohol motifs (C(OH)–C–C–N with tert-alkyl or cyclic N) is 1. The van der Waals surface area contributed by atoms with Gasteiger partial charge in [0.25, 0.3) is 0 Å². The van der Waals surface area contributed by atoms with Crippen molar-refractivity contribution in [2.24, 2.45) is 5.92 Å². The normalized spacial score (nSPS) is 24.3. The number of aliphatic hydroxyl groups is 1. The Hall–Kier alpha value is -1.13. The zero-order valence-electron chi connectivity index (χ0n) is 11.0. The van der Waals surface area contributed by atoms with Crippen LogP contribution in [-0.2, 0) is 10.0 Å². The van der Waals surface area contributed by atoms with Gasteiger partial charge in [-0.3, -0.25) is 0 Å². The van der Waals surface area contributed by atoms with Gasteiger partial charge in [-0.25, -0.2) is 8.42 Å². The Morgan fingerprint density at radius 2 is 2.20 bits per heavy atom. The molecule has 0 bridgehead atoms. The molecule has 0 amide bonds. The first-order chi connectivity index (χ1) is 9.36. The van der Waals surface area contributed by atoms with Crippen LogP contribution in [0.4, 0.5) is 0 Å². The molecule has 2 unspecified atom stereocenters. The molecule has 1 fully saturated rings. The lowest BCUT2D eigenvalue weighted by Gasteiger charge is -2.33. The van der Waals surface area contributed by atoms with Gasteiger partial charge in [-0.05, 0) is 30.5 Å². The molecule has 1 aliphatic rings. The summed E-state index contributed by atoms with van der Waals surface area (Å²) in [6.07, 6.45) is -0.0652. The Bertz CT molecular complexity index is 654. The molecule has 0 saturated carbocycles. The summed E-state index contributed by atoms with van der Waals surface area (Å²) in [7, 11) is -3.74. The SMILES string of the molecule is CC1CCN(S(=O)(=O)c2ccc(C#N)cc2Cl)CC1O. The van der Waals surface area contributed by atoms with Gasteiger partial charge in [-0.1, -0.05) is 18.5 Å². The van der Waals surface area contributed by atoms with Crippen LogP contribution in [0.1, 0.15) is 18.9 Å². The van der Waals surface area contributed by atoms with Crippen LogP contribution in [0.15, 0.2) is 23.1 Å². The number of halogens is 1. The number of nitriles is 1. The van der Waals surface area contributed by atoms with Gasteiger partial charge in [0, 0.05) is 13.1 Å². The molecule has 0 aliphatic carbocycles. The van der Waals surface area contributed by atoms with Crippen LogP contribution in [0.2, 0.25) is 5.02 Å². The van der Waals surface area contributed by atoms with Gasteiger partial charge in [0.1, 0.15) is 4.90 Å². The summed E-state index contributed by atoms with van der Waals surface area (Å²) in [5.74, 6) is 0.0814. The molecule has 108 valence electrons. The molecule has 1 aromatic rings. The van der Waals surface area contributed by atoms with Gasteiger partial charge >= 0.3 is 0 Å². The standard InChI is InChI=1S/C13H15ClN2O3S/c1-9-4-5-16(8-12(9)17)20(18,19)13-3-2-10(7-15)6-11(13)14/h2-3,6,9,12,17H,4-5,8H2,1H3. The molecule has 2 atom stereocenters. The number of sulfonamides is 1. The lowest BCUT2D eigenvalue weighted by Crippen LogP contribution is -2.45. The Labute approximate surface area is 123 Å². The van der Waals surface area contributed by atoms with Crippen molar-refractivity contribution in [1.82, 2.24) is 4.31 Å². The second-order valence-corrected chi connectivity index (χ2v) is 7.27. The summed E-state index contributed by atoms with van der Waals surface area (Å²) >= 11 is 5.96. The highest BCUT2D eigenvalue weighted by molar-refractivity contribution is 7.89. The molecular formula is C13H15ClN2O3S. The van der Waals surface area contributed by atoms with Crippen molar-refractivity contribution in [2.45, 2.75) is 24.3 Å². The van der Waals surface area contributed by atoms with Gasteiger partial charge < -0.3 is 5.11 Å². The molecule has 1 heterocycles.